The molecule has 76 heavy (non-hydrogen) atoms. The van der Waals surface area contributed by atoms with Gasteiger partial charge in [0.1, 0.15) is 19.3 Å². The predicted octanol–water partition coefficient (Wildman–Crippen LogP) is 20.5. The Morgan fingerprint density at radius 3 is 1.13 bits per heavy atom. The van der Waals surface area contributed by atoms with E-state index in [-0.39, 0.29) is 25.1 Å². The highest BCUT2D eigenvalue weighted by atomic mass is 31.2. The normalized spacial score (nSPS) is 13.7. The molecule has 0 saturated carbocycles. The molecule has 3 unspecified atom stereocenters. The van der Waals surface area contributed by atoms with Crippen molar-refractivity contribution in [2.24, 2.45) is 0 Å². The lowest BCUT2D eigenvalue weighted by molar-refractivity contribution is -0.870. The highest BCUT2D eigenvalue weighted by Crippen LogP contribution is 2.43. The van der Waals surface area contributed by atoms with Crippen LogP contribution in [0.1, 0.15) is 335 Å². The van der Waals surface area contributed by atoms with Crippen molar-refractivity contribution < 1.29 is 37.3 Å². The quantitative estimate of drug-likeness (QED) is 0.0205. The summed E-state index contributed by atoms with van der Waals surface area (Å²) in [5, 5.41) is 3.05. The maximum Gasteiger partial charge on any atom is 0.472 e. The summed E-state index contributed by atoms with van der Waals surface area (Å²) in [6.07, 6.45) is 67.7. The molecular formula is C66H130N2O7P+. The van der Waals surface area contributed by atoms with Crippen LogP contribution in [0.3, 0.4) is 0 Å². The van der Waals surface area contributed by atoms with Gasteiger partial charge in [-0.3, -0.25) is 18.6 Å². The number of ether oxygens (including phenoxy) is 1. The minimum atomic E-state index is -4.45. The van der Waals surface area contributed by atoms with E-state index < -0.39 is 20.0 Å². The topological polar surface area (TPSA) is 111 Å². The van der Waals surface area contributed by atoms with Gasteiger partial charge in [0.05, 0.1) is 33.8 Å². The van der Waals surface area contributed by atoms with Crippen LogP contribution in [0.15, 0.2) is 24.3 Å². The lowest BCUT2D eigenvalue weighted by Gasteiger charge is -2.27. The second-order valence-electron chi connectivity index (χ2n) is 24.0. The molecule has 1 amide bonds. The number of nitrogens with one attached hydrogen (secondary N) is 1. The summed E-state index contributed by atoms with van der Waals surface area (Å²) in [4.78, 5) is 37.7. The molecule has 0 aliphatic carbocycles. The van der Waals surface area contributed by atoms with Gasteiger partial charge in [0.15, 0.2) is 0 Å². The molecular weight excluding hydrogens is 964 g/mol. The molecule has 3 atom stereocenters. The van der Waals surface area contributed by atoms with E-state index in [0.717, 1.165) is 70.6 Å². The number of hydrogen-bond donors (Lipinski definition) is 2. The van der Waals surface area contributed by atoms with Crippen molar-refractivity contribution in [3.05, 3.63) is 24.3 Å². The van der Waals surface area contributed by atoms with Gasteiger partial charge in [0.25, 0.3) is 0 Å². The molecule has 0 bridgehead atoms. The van der Waals surface area contributed by atoms with Gasteiger partial charge < -0.3 is 19.4 Å². The average Bonchev–Trinajstić information content (AvgIpc) is 3.38. The Bertz CT molecular complexity index is 1350. The summed E-state index contributed by atoms with van der Waals surface area (Å²) >= 11 is 0. The van der Waals surface area contributed by atoms with E-state index >= 15 is 0 Å². The second kappa shape index (κ2) is 56.8. The highest BCUT2D eigenvalue weighted by Gasteiger charge is 2.30. The van der Waals surface area contributed by atoms with E-state index in [1.807, 2.05) is 33.3 Å². The van der Waals surface area contributed by atoms with Crippen LogP contribution in [0, 0.1) is 0 Å². The number of amides is 1. The summed E-state index contributed by atoms with van der Waals surface area (Å²) in [6.45, 7) is 7.04. The maximum atomic E-state index is 13.5. The Kier molecular flexibility index (Phi) is 55.6. The van der Waals surface area contributed by atoms with Gasteiger partial charge in [0.2, 0.25) is 5.91 Å². The fourth-order valence-corrected chi connectivity index (χ4v) is 10.7. The minimum absolute atomic E-state index is 0.0410. The number of phosphoric ester groups is 1. The zero-order valence-electron chi connectivity index (χ0n) is 51.5. The third kappa shape index (κ3) is 57.2. The standard InChI is InChI=1S/C66H129N2O7P/c1-7-10-13-16-19-22-25-27-29-30-31-32-33-34-35-36-37-38-39-41-44-47-50-53-56-59-66(70)75-64(57-54-51-48-45-42-24-21-18-15-12-9-3)63(62-74-76(71,72)73-61-60-68(4,5)6)67-65(69)58-55-52-49-46-43-40-28-26-23-20-17-14-11-8-2/h40,43,54,57,63-64H,7-39,41-42,44-53,55-56,58-62H2,1-6H3,(H-,67,69,71,72)/p+1/b43-40-,57-54-. The molecule has 0 aromatic carbocycles. The smallest absolute Gasteiger partial charge is 0.456 e. The van der Waals surface area contributed by atoms with Gasteiger partial charge in [-0.2, -0.15) is 0 Å². The zero-order valence-corrected chi connectivity index (χ0v) is 52.4. The van der Waals surface area contributed by atoms with Crippen molar-refractivity contribution in [1.29, 1.82) is 0 Å². The zero-order chi connectivity index (χ0) is 55.7. The second-order valence-corrected chi connectivity index (χ2v) is 25.5. The first-order chi connectivity index (χ1) is 36.9. The van der Waals surface area contributed by atoms with Crippen LogP contribution < -0.4 is 5.32 Å². The minimum Gasteiger partial charge on any atom is -0.456 e. The average molecular weight is 1090 g/mol. The molecule has 0 fully saturated rings. The lowest BCUT2D eigenvalue weighted by Crippen LogP contribution is -2.47. The van der Waals surface area contributed by atoms with Crippen molar-refractivity contribution in [3.63, 3.8) is 0 Å². The molecule has 0 heterocycles. The molecule has 2 N–H and O–H groups in total. The summed E-state index contributed by atoms with van der Waals surface area (Å²) in [5.74, 6) is -0.507. The summed E-state index contributed by atoms with van der Waals surface area (Å²) in [5.41, 5.74) is 0. The van der Waals surface area contributed by atoms with E-state index in [2.05, 4.69) is 38.2 Å². The molecule has 9 nitrogen and oxygen atoms in total. The first-order valence-electron chi connectivity index (χ1n) is 33.2. The van der Waals surface area contributed by atoms with E-state index in [1.165, 1.54) is 231 Å². The van der Waals surface area contributed by atoms with Crippen LogP contribution in [0.5, 0.6) is 0 Å². The van der Waals surface area contributed by atoms with Gasteiger partial charge in [0, 0.05) is 12.8 Å². The highest BCUT2D eigenvalue weighted by molar-refractivity contribution is 7.47. The van der Waals surface area contributed by atoms with Crippen molar-refractivity contribution >= 4 is 19.7 Å². The summed E-state index contributed by atoms with van der Waals surface area (Å²) in [6, 6.07) is -0.850. The number of allylic oxidation sites excluding steroid dienone is 3. The van der Waals surface area contributed by atoms with E-state index in [9.17, 15) is 19.0 Å². The number of carbonyl (C=O) groups is 2. The molecule has 0 aromatic rings. The molecule has 450 valence electrons. The SMILES string of the molecule is CCCCCCCCC/C=C\CCCCCC(=O)NC(COP(=O)(O)OCC[N+](C)(C)C)C(/C=C\CCCCCCCCCCC)OC(=O)CCCCCCCCCCCCCCCCCCCCCCCCCCC. The van der Waals surface area contributed by atoms with Crippen LogP contribution >= 0.6 is 7.82 Å². The number of nitrogens with zero attached hydrogens (tertiary/aromatic N) is 1. The number of rotatable bonds is 61. The van der Waals surface area contributed by atoms with Gasteiger partial charge in [-0.15, -0.1) is 0 Å². The Morgan fingerprint density at radius 1 is 0.447 bits per heavy atom. The molecule has 0 aromatic heterocycles. The van der Waals surface area contributed by atoms with Gasteiger partial charge in [-0.25, -0.2) is 4.57 Å². The molecule has 0 rings (SSSR count). The molecule has 0 spiro atoms. The van der Waals surface area contributed by atoms with Crippen molar-refractivity contribution in [3.8, 4) is 0 Å². The van der Waals surface area contributed by atoms with Crippen LogP contribution in [-0.2, 0) is 27.9 Å². The van der Waals surface area contributed by atoms with E-state index in [0.29, 0.717) is 23.9 Å². The Hall–Kier alpha value is -1.51. The number of esters is 1. The third-order valence-corrected chi connectivity index (χ3v) is 16.1. The van der Waals surface area contributed by atoms with Crippen LogP contribution in [0.2, 0.25) is 0 Å². The van der Waals surface area contributed by atoms with E-state index in [1.54, 1.807) is 0 Å². The molecule has 10 heteroatoms. The summed E-state index contributed by atoms with van der Waals surface area (Å²) < 4.78 is 30.7. The van der Waals surface area contributed by atoms with Crippen LogP contribution in [-0.4, -0.2) is 74.3 Å². The molecule has 0 aliphatic heterocycles. The van der Waals surface area contributed by atoms with Gasteiger partial charge in [-0.1, -0.05) is 289 Å². The van der Waals surface area contributed by atoms with Crippen molar-refractivity contribution in [2.45, 2.75) is 348 Å². The Morgan fingerprint density at radius 2 is 0.763 bits per heavy atom. The first kappa shape index (κ1) is 74.5. The number of phosphoric acid groups is 1. The van der Waals surface area contributed by atoms with Crippen LogP contribution in [0.4, 0.5) is 0 Å². The number of quaternary nitrogens is 1. The number of unbranched alkanes of at least 4 members (excludes halogenated alkanes) is 43. The molecule has 0 saturated heterocycles. The largest absolute Gasteiger partial charge is 0.472 e. The van der Waals surface area contributed by atoms with Crippen LogP contribution in [0.25, 0.3) is 0 Å². The Balaban J connectivity index is 5.01. The fraction of sp³-hybridized carbons (Fsp3) is 0.909. The first-order valence-corrected chi connectivity index (χ1v) is 34.7. The van der Waals surface area contributed by atoms with Gasteiger partial charge in [-0.05, 0) is 57.4 Å². The summed E-state index contributed by atoms with van der Waals surface area (Å²) in [7, 11) is 1.50. The molecule has 0 radical (unpaired) electrons. The van der Waals surface area contributed by atoms with Crippen molar-refractivity contribution in [2.75, 3.05) is 40.9 Å². The monoisotopic (exact) mass is 1090 g/mol. The third-order valence-electron chi connectivity index (χ3n) is 15.1. The number of carbonyl (C=O) groups excluding carboxylic acids is 2. The van der Waals surface area contributed by atoms with Crippen molar-refractivity contribution in [1.82, 2.24) is 5.32 Å². The number of likely N-dealkylation sites (N-methyl/N-ethyl adjacent to an activating group) is 1. The van der Waals surface area contributed by atoms with E-state index in [4.69, 9.17) is 13.8 Å². The maximum absolute atomic E-state index is 13.5. The fourth-order valence-electron chi connectivity index (χ4n) is 10.00. The Labute approximate surface area is 473 Å². The number of hydrogen-bond acceptors (Lipinski definition) is 6. The molecule has 0 aliphatic rings. The lowest BCUT2D eigenvalue weighted by atomic mass is 10.0. The van der Waals surface area contributed by atoms with Gasteiger partial charge >= 0.3 is 13.8 Å². The predicted molar refractivity (Wildman–Crippen MR) is 328 cm³/mol.